The van der Waals surface area contributed by atoms with E-state index in [2.05, 4.69) is 37.9 Å². The zero-order valence-electron chi connectivity index (χ0n) is 26.1. The van der Waals surface area contributed by atoms with Gasteiger partial charge in [-0.3, -0.25) is 9.59 Å². The minimum atomic E-state index is -1.70. The Morgan fingerprint density at radius 3 is 2.33 bits per heavy atom. The number of esters is 1. The molecule has 0 aliphatic carbocycles. The second kappa shape index (κ2) is 13.3. The average Bonchev–Trinajstić information content (AvgIpc) is 3.16. The van der Waals surface area contributed by atoms with E-state index in [0.717, 1.165) is 19.4 Å². The molecule has 0 radical (unpaired) electrons. The fourth-order valence-electron chi connectivity index (χ4n) is 7.39. The molecule has 0 aromatic heterocycles. The number of ether oxygens (including phenoxy) is 2. The molecule has 5 N–H and O–H groups in total. The SMILES string of the molecule is CC[C@H]1OC(=O)[C@H](C)C(=O)[C@H](C)[C@@H](C(C)(C)C)[C@@]2(C)C[C@H](CN(C)[C@H](C)[C@@H](O)[C@]1(C)O)C(CNCCCN)O2. The molecule has 9 nitrogen and oxygen atoms in total. The molecule has 2 aliphatic heterocycles. The minimum Gasteiger partial charge on any atom is -0.459 e. The predicted octanol–water partition coefficient (Wildman–Crippen LogP) is 2.36. The van der Waals surface area contributed by atoms with Gasteiger partial charge in [-0.05, 0) is 72.5 Å². The molecule has 9 heteroatoms. The molecule has 0 aromatic rings. The first-order valence-electron chi connectivity index (χ1n) is 14.9. The van der Waals surface area contributed by atoms with Crippen molar-refractivity contribution in [2.75, 3.05) is 33.2 Å². The summed E-state index contributed by atoms with van der Waals surface area (Å²) in [6.45, 7) is 19.9. The van der Waals surface area contributed by atoms with E-state index in [0.29, 0.717) is 26.1 Å². The molecule has 0 spiro atoms. The van der Waals surface area contributed by atoms with Crippen LogP contribution in [0.15, 0.2) is 0 Å². The van der Waals surface area contributed by atoms with Crippen LogP contribution in [0.2, 0.25) is 0 Å². The number of hydrogen-bond donors (Lipinski definition) is 4. The lowest BCUT2D eigenvalue weighted by molar-refractivity contribution is -0.190. The van der Waals surface area contributed by atoms with E-state index < -0.39 is 47.3 Å². The topological polar surface area (TPSA) is 134 Å². The van der Waals surface area contributed by atoms with Gasteiger partial charge in [0.15, 0.2) is 0 Å². The van der Waals surface area contributed by atoms with E-state index in [1.54, 1.807) is 13.8 Å². The van der Waals surface area contributed by atoms with Gasteiger partial charge in [-0.1, -0.05) is 34.6 Å². The molecule has 2 aliphatic rings. The van der Waals surface area contributed by atoms with E-state index in [1.165, 1.54) is 6.92 Å². The Morgan fingerprint density at radius 1 is 1.18 bits per heavy atom. The lowest BCUT2D eigenvalue weighted by atomic mass is 9.62. The molecule has 2 saturated heterocycles. The van der Waals surface area contributed by atoms with Crippen LogP contribution in [0.1, 0.15) is 81.6 Å². The van der Waals surface area contributed by atoms with Crippen LogP contribution in [0, 0.1) is 29.1 Å². The van der Waals surface area contributed by atoms with Gasteiger partial charge in [0.25, 0.3) is 0 Å². The number of aliphatic hydroxyl groups is 2. The summed E-state index contributed by atoms with van der Waals surface area (Å²) >= 11 is 0. The summed E-state index contributed by atoms with van der Waals surface area (Å²) < 4.78 is 12.6. The third kappa shape index (κ3) is 7.60. The van der Waals surface area contributed by atoms with Gasteiger partial charge >= 0.3 is 5.97 Å². The number of fused-ring (bicyclic) bond motifs is 2. The number of nitrogens with two attached hydrogens (primary N) is 1. The molecule has 1 unspecified atom stereocenters. The fourth-order valence-corrected chi connectivity index (χ4v) is 7.39. The Labute approximate surface area is 236 Å². The van der Waals surface area contributed by atoms with Crippen LogP contribution in [0.3, 0.4) is 0 Å². The largest absolute Gasteiger partial charge is 0.459 e. The van der Waals surface area contributed by atoms with Crippen LogP contribution in [0.5, 0.6) is 0 Å². The molecule has 228 valence electrons. The van der Waals surface area contributed by atoms with E-state index in [-0.39, 0.29) is 29.1 Å². The summed E-state index contributed by atoms with van der Waals surface area (Å²) in [5, 5.41) is 26.2. The highest BCUT2D eigenvalue weighted by Crippen LogP contribution is 2.50. The highest BCUT2D eigenvalue weighted by atomic mass is 16.6. The van der Waals surface area contributed by atoms with Gasteiger partial charge in [0.1, 0.15) is 29.5 Å². The predicted molar refractivity (Wildman–Crippen MR) is 153 cm³/mol. The minimum absolute atomic E-state index is 0.106. The summed E-state index contributed by atoms with van der Waals surface area (Å²) in [7, 11) is 1.94. The van der Waals surface area contributed by atoms with Crippen molar-refractivity contribution in [3.8, 4) is 0 Å². The number of carbonyl (C=O) groups is 2. The maximum absolute atomic E-state index is 13.8. The normalized spacial score (nSPS) is 41.7. The standard InChI is InChI=1S/C30H57N3O6/c1-11-23-30(9,37)26(35)20(4)33(10)17-21-15-29(8,39-22(21)16-32-14-12-13-31)25(28(5,6)7)18(2)24(34)19(3)27(36)38-23/h18-23,25-26,32,35,37H,11-17,31H2,1-10H3/t18-,19+,20+,21+,22?,23+,25-,26+,29+,30+/m0/s1. The number of aliphatic hydroxyl groups excluding tert-OH is 1. The summed E-state index contributed by atoms with van der Waals surface area (Å²) in [6, 6.07) is -0.424. The van der Waals surface area contributed by atoms with Gasteiger partial charge in [-0.15, -0.1) is 0 Å². The second-order valence-corrected chi connectivity index (χ2v) is 13.7. The lowest BCUT2D eigenvalue weighted by Gasteiger charge is -2.46. The molecular weight excluding hydrogens is 498 g/mol. The van der Waals surface area contributed by atoms with Gasteiger partial charge in [0.05, 0.1) is 11.7 Å². The molecule has 0 amide bonds. The van der Waals surface area contributed by atoms with Crippen molar-refractivity contribution >= 4 is 11.8 Å². The second-order valence-electron chi connectivity index (χ2n) is 13.7. The van der Waals surface area contributed by atoms with Crippen LogP contribution in [-0.2, 0) is 19.1 Å². The smallest absolute Gasteiger partial charge is 0.316 e. The van der Waals surface area contributed by atoms with Crippen LogP contribution >= 0.6 is 0 Å². The van der Waals surface area contributed by atoms with Crippen molar-refractivity contribution in [2.24, 2.45) is 34.8 Å². The maximum Gasteiger partial charge on any atom is 0.316 e. The van der Waals surface area contributed by atoms with E-state index in [1.807, 2.05) is 20.9 Å². The number of ketones is 1. The molecular formula is C30H57N3O6. The van der Waals surface area contributed by atoms with Gasteiger partial charge in [-0.25, -0.2) is 0 Å². The molecule has 39 heavy (non-hydrogen) atoms. The monoisotopic (exact) mass is 555 g/mol. The number of likely N-dealkylation sites (N-methyl/N-ethyl adjacent to an activating group) is 1. The van der Waals surface area contributed by atoms with Crippen LogP contribution < -0.4 is 11.1 Å². The Kier molecular flexibility index (Phi) is 11.6. The van der Waals surface area contributed by atoms with Crippen LogP contribution in [0.25, 0.3) is 0 Å². The number of carbonyl (C=O) groups excluding carboxylic acids is 2. The first kappa shape index (κ1) is 34.1. The molecule has 2 fully saturated rings. The number of Topliss-reactive ketones (excluding diaryl/α,β-unsaturated/α-hetero) is 1. The summed E-state index contributed by atoms with van der Waals surface area (Å²) in [6.07, 6.45) is -0.343. The van der Waals surface area contributed by atoms with Crippen LogP contribution in [0.4, 0.5) is 0 Å². The molecule has 0 saturated carbocycles. The summed E-state index contributed by atoms with van der Waals surface area (Å²) in [5.41, 5.74) is 3.10. The first-order valence-corrected chi connectivity index (χ1v) is 14.9. The van der Waals surface area contributed by atoms with E-state index in [9.17, 15) is 19.8 Å². The number of nitrogens with one attached hydrogen (secondary N) is 1. The third-order valence-corrected chi connectivity index (χ3v) is 9.39. The van der Waals surface area contributed by atoms with Crippen molar-refractivity contribution in [1.82, 2.24) is 10.2 Å². The number of rotatable bonds is 6. The maximum atomic E-state index is 13.8. The zero-order valence-corrected chi connectivity index (χ0v) is 26.1. The number of nitrogens with zero attached hydrogens (tertiary/aromatic N) is 1. The molecule has 2 heterocycles. The molecule has 2 bridgehead atoms. The lowest BCUT2D eigenvalue weighted by Crippen LogP contribution is -2.59. The number of hydrogen-bond acceptors (Lipinski definition) is 9. The van der Waals surface area contributed by atoms with Gasteiger partial charge < -0.3 is 35.6 Å². The number of cyclic esters (lactones) is 1. The summed E-state index contributed by atoms with van der Waals surface area (Å²) in [5.74, 6) is -2.37. The van der Waals surface area contributed by atoms with Gasteiger partial charge in [-0.2, -0.15) is 0 Å². The fraction of sp³-hybridized carbons (Fsp3) is 0.933. The van der Waals surface area contributed by atoms with E-state index in [4.69, 9.17) is 15.2 Å². The van der Waals surface area contributed by atoms with Crippen molar-refractivity contribution < 1.29 is 29.3 Å². The first-order chi connectivity index (χ1) is 17.9. The van der Waals surface area contributed by atoms with Crippen molar-refractivity contribution in [3.63, 3.8) is 0 Å². The Morgan fingerprint density at radius 2 is 1.79 bits per heavy atom. The Hall–Kier alpha value is -1.10. The van der Waals surface area contributed by atoms with Crippen molar-refractivity contribution in [3.05, 3.63) is 0 Å². The summed E-state index contributed by atoms with van der Waals surface area (Å²) in [4.78, 5) is 29.1. The Balaban J connectivity index is 2.59. The highest BCUT2D eigenvalue weighted by molar-refractivity contribution is 5.99. The molecule has 2 rings (SSSR count). The van der Waals surface area contributed by atoms with Crippen LogP contribution in [-0.4, -0.2) is 95.6 Å². The van der Waals surface area contributed by atoms with Crippen molar-refractivity contribution in [1.29, 1.82) is 0 Å². The quantitative estimate of drug-likeness (QED) is 0.221. The highest BCUT2D eigenvalue weighted by Gasteiger charge is 2.55. The third-order valence-electron chi connectivity index (χ3n) is 9.39. The van der Waals surface area contributed by atoms with Crippen molar-refractivity contribution in [2.45, 2.75) is 117 Å². The Bertz CT molecular complexity index is 830. The van der Waals surface area contributed by atoms with E-state index >= 15 is 0 Å². The average molecular weight is 556 g/mol. The zero-order chi connectivity index (χ0) is 29.9. The van der Waals surface area contributed by atoms with Gasteiger partial charge in [0, 0.05) is 36.9 Å². The molecule has 0 aromatic carbocycles. The van der Waals surface area contributed by atoms with Gasteiger partial charge in [0.2, 0.25) is 0 Å². The molecule has 10 atom stereocenters.